The lowest BCUT2D eigenvalue weighted by atomic mass is 10.1. The largest absolute Gasteiger partial charge is 0.480 e. The van der Waals surface area contributed by atoms with E-state index in [9.17, 15) is 4.79 Å². The summed E-state index contributed by atoms with van der Waals surface area (Å²) in [6.45, 7) is 0. The molecule has 0 atom stereocenters. The van der Waals surface area contributed by atoms with Gasteiger partial charge in [-0.15, -0.1) is 23.1 Å². The van der Waals surface area contributed by atoms with Crippen LogP contribution in [0, 0.1) is 0 Å². The molecule has 138 valence electrons. The minimum atomic E-state index is -0.450. The second-order valence-corrected chi connectivity index (χ2v) is 7.98. The van der Waals surface area contributed by atoms with Crippen LogP contribution in [-0.2, 0) is 5.75 Å². The van der Waals surface area contributed by atoms with Gasteiger partial charge in [-0.25, -0.2) is 15.0 Å². The van der Waals surface area contributed by atoms with E-state index in [1.807, 2.05) is 18.2 Å². The lowest BCUT2D eigenvalue weighted by Crippen LogP contribution is -2.16. The Kier molecular flexibility index (Phi) is 4.90. The first-order chi connectivity index (χ1) is 13.1. The van der Waals surface area contributed by atoms with Crippen molar-refractivity contribution in [3.8, 4) is 23.0 Å². The summed E-state index contributed by atoms with van der Waals surface area (Å²) in [7, 11) is 2.86. The molecule has 1 aliphatic heterocycles. The highest BCUT2D eigenvalue weighted by Crippen LogP contribution is 2.45. The highest BCUT2D eigenvalue weighted by atomic mass is 35.5. The number of nitrogens with zero attached hydrogens (tertiary/aromatic N) is 3. The topological polar surface area (TPSA) is 86.2 Å². The smallest absolute Gasteiger partial charge is 0.268 e. The third-order valence-electron chi connectivity index (χ3n) is 3.86. The molecule has 0 radical (unpaired) electrons. The minimum Gasteiger partial charge on any atom is -0.480 e. The number of methoxy groups -OCH3 is 2. The Bertz CT molecular complexity index is 1020. The second kappa shape index (κ2) is 7.34. The van der Waals surface area contributed by atoms with Crippen LogP contribution >= 0.6 is 34.7 Å². The number of rotatable bonds is 4. The third-order valence-corrected chi connectivity index (χ3v) is 6.35. The molecule has 1 aliphatic rings. The summed E-state index contributed by atoms with van der Waals surface area (Å²) < 4.78 is 10.3. The van der Waals surface area contributed by atoms with Gasteiger partial charge < -0.3 is 9.47 Å². The molecule has 1 aromatic carbocycles. The first-order valence-corrected chi connectivity index (χ1v) is 9.95. The van der Waals surface area contributed by atoms with Gasteiger partial charge in [-0.05, 0) is 18.2 Å². The molecule has 0 unspecified atom stereocenters. The van der Waals surface area contributed by atoms with Gasteiger partial charge in [-0.1, -0.05) is 11.6 Å². The van der Waals surface area contributed by atoms with Crippen molar-refractivity contribution < 1.29 is 14.3 Å². The average Bonchev–Trinajstić information content (AvgIpc) is 3.10. The van der Waals surface area contributed by atoms with E-state index in [1.54, 1.807) is 11.8 Å². The number of thioether (sulfide) groups is 1. The van der Waals surface area contributed by atoms with Crippen LogP contribution in [0.2, 0.25) is 5.02 Å². The number of fused-ring (bicyclic) bond motifs is 3. The molecule has 0 saturated carbocycles. The molecule has 2 aromatic heterocycles. The maximum atomic E-state index is 12.8. The standard InChI is InChI=1S/C17H13ClN4O3S2/c1-24-15-12(16(25-2)20-7-19-15)14(23)22-17-21-13-9-5-8(18)3-4-10(9)26-6-11(13)27-17/h3-5,7H,6H2,1-2H3,(H,21,22,23). The fourth-order valence-electron chi connectivity index (χ4n) is 2.69. The quantitative estimate of drug-likeness (QED) is 0.679. The van der Waals surface area contributed by atoms with Crippen LogP contribution in [0.15, 0.2) is 29.4 Å². The van der Waals surface area contributed by atoms with Crippen LogP contribution in [-0.4, -0.2) is 35.1 Å². The number of hydrogen-bond donors (Lipinski definition) is 1. The first kappa shape index (κ1) is 18.0. The van der Waals surface area contributed by atoms with Crippen LogP contribution in [0.1, 0.15) is 15.2 Å². The lowest BCUT2D eigenvalue weighted by molar-refractivity contribution is 0.101. The van der Waals surface area contributed by atoms with E-state index in [4.69, 9.17) is 21.1 Å². The SMILES string of the molecule is COc1ncnc(OC)c1C(=O)Nc1nc2c(s1)CSc1ccc(Cl)cc1-2. The van der Waals surface area contributed by atoms with E-state index in [-0.39, 0.29) is 17.3 Å². The summed E-state index contributed by atoms with van der Waals surface area (Å²) in [5.74, 6) is 0.606. The molecule has 1 N–H and O–H groups in total. The Morgan fingerprint density at radius 2 is 1.96 bits per heavy atom. The number of benzene rings is 1. The summed E-state index contributed by atoms with van der Waals surface area (Å²) in [4.78, 5) is 27.5. The number of carbonyl (C=O) groups excluding carboxylic acids is 1. The lowest BCUT2D eigenvalue weighted by Gasteiger charge is -2.14. The molecule has 3 heterocycles. The maximum absolute atomic E-state index is 12.8. The number of carbonyl (C=O) groups is 1. The number of hydrogen-bond acceptors (Lipinski definition) is 8. The predicted octanol–water partition coefficient (Wildman–Crippen LogP) is 4.13. The Morgan fingerprint density at radius 1 is 1.22 bits per heavy atom. The first-order valence-electron chi connectivity index (χ1n) is 7.77. The molecule has 1 amide bonds. The molecule has 0 fully saturated rings. The molecular weight excluding hydrogens is 408 g/mol. The van der Waals surface area contributed by atoms with Gasteiger partial charge in [0.2, 0.25) is 11.8 Å². The van der Waals surface area contributed by atoms with Crippen molar-refractivity contribution in [1.82, 2.24) is 15.0 Å². The molecule has 4 rings (SSSR count). The molecule has 27 heavy (non-hydrogen) atoms. The predicted molar refractivity (Wildman–Crippen MR) is 105 cm³/mol. The van der Waals surface area contributed by atoms with Crippen LogP contribution in [0.3, 0.4) is 0 Å². The van der Waals surface area contributed by atoms with Crippen molar-refractivity contribution in [2.45, 2.75) is 10.6 Å². The zero-order valence-corrected chi connectivity index (χ0v) is 16.7. The highest BCUT2D eigenvalue weighted by molar-refractivity contribution is 7.98. The highest BCUT2D eigenvalue weighted by Gasteiger charge is 2.25. The second-order valence-electron chi connectivity index (χ2n) is 5.44. The Morgan fingerprint density at radius 3 is 2.67 bits per heavy atom. The van der Waals surface area contributed by atoms with Crippen molar-refractivity contribution in [2.24, 2.45) is 0 Å². The maximum Gasteiger partial charge on any atom is 0.268 e. The summed E-state index contributed by atoms with van der Waals surface area (Å²) >= 11 is 9.28. The zero-order valence-electron chi connectivity index (χ0n) is 14.3. The Labute approximate surface area is 168 Å². The van der Waals surface area contributed by atoms with Crippen molar-refractivity contribution in [1.29, 1.82) is 0 Å². The van der Waals surface area contributed by atoms with Crippen LogP contribution in [0.4, 0.5) is 5.13 Å². The molecule has 0 aliphatic carbocycles. The number of nitrogens with one attached hydrogen (secondary N) is 1. The summed E-state index contributed by atoms with van der Waals surface area (Å²) in [6, 6.07) is 5.74. The number of halogens is 1. The van der Waals surface area contributed by atoms with Gasteiger partial charge in [0.15, 0.2) is 10.7 Å². The van der Waals surface area contributed by atoms with Gasteiger partial charge >= 0.3 is 0 Å². The molecule has 10 heteroatoms. The van der Waals surface area contributed by atoms with E-state index >= 15 is 0 Å². The van der Waals surface area contributed by atoms with Gasteiger partial charge in [0, 0.05) is 26.1 Å². The average molecular weight is 421 g/mol. The van der Waals surface area contributed by atoms with Gasteiger partial charge in [0.25, 0.3) is 5.91 Å². The number of anilines is 1. The van der Waals surface area contributed by atoms with E-state index in [1.165, 1.54) is 31.9 Å². The minimum absolute atomic E-state index is 0.119. The number of ether oxygens (including phenoxy) is 2. The number of thiazole rings is 1. The molecular formula is C17H13ClN4O3S2. The van der Waals surface area contributed by atoms with Gasteiger partial charge in [0.05, 0.1) is 19.9 Å². The fraction of sp³-hybridized carbons (Fsp3) is 0.176. The van der Waals surface area contributed by atoms with Crippen molar-refractivity contribution in [3.63, 3.8) is 0 Å². The van der Waals surface area contributed by atoms with Crippen LogP contribution in [0.5, 0.6) is 11.8 Å². The molecule has 7 nitrogen and oxygen atoms in total. The van der Waals surface area contributed by atoms with Crippen LogP contribution in [0.25, 0.3) is 11.3 Å². The van der Waals surface area contributed by atoms with E-state index in [0.29, 0.717) is 10.2 Å². The molecule has 0 spiro atoms. The monoisotopic (exact) mass is 420 g/mol. The summed E-state index contributed by atoms with van der Waals surface area (Å²) in [5.41, 5.74) is 1.94. The Hall–Kier alpha value is -2.36. The zero-order chi connectivity index (χ0) is 19.0. The van der Waals surface area contributed by atoms with Crippen molar-refractivity contribution in [2.75, 3.05) is 19.5 Å². The van der Waals surface area contributed by atoms with Gasteiger partial charge in [-0.2, -0.15) is 0 Å². The summed E-state index contributed by atoms with van der Waals surface area (Å²) in [5, 5.41) is 3.92. The number of aromatic nitrogens is 3. The van der Waals surface area contributed by atoms with Crippen LogP contribution < -0.4 is 14.8 Å². The van der Waals surface area contributed by atoms with E-state index in [0.717, 1.165) is 26.8 Å². The molecule has 0 saturated heterocycles. The number of amides is 1. The normalized spacial score (nSPS) is 12.1. The van der Waals surface area contributed by atoms with Crippen molar-refractivity contribution in [3.05, 3.63) is 40.0 Å². The van der Waals surface area contributed by atoms with Crippen molar-refractivity contribution >= 4 is 45.7 Å². The van der Waals surface area contributed by atoms with Gasteiger partial charge in [0.1, 0.15) is 6.33 Å². The van der Waals surface area contributed by atoms with E-state index in [2.05, 4.69) is 20.3 Å². The van der Waals surface area contributed by atoms with E-state index < -0.39 is 5.91 Å². The Balaban J connectivity index is 1.67. The fourth-order valence-corrected chi connectivity index (χ4v) is 4.94. The molecule has 3 aromatic rings. The van der Waals surface area contributed by atoms with Gasteiger partial charge in [-0.3, -0.25) is 10.1 Å². The summed E-state index contributed by atoms with van der Waals surface area (Å²) in [6.07, 6.45) is 1.27. The molecule has 0 bridgehead atoms. The third kappa shape index (κ3) is 3.33.